The smallest absolute Gasteiger partial charge is 0.341 e. The predicted octanol–water partition coefficient (Wildman–Crippen LogP) is 3.36. The maximum absolute atomic E-state index is 13.8. The number of benzene rings is 2. The summed E-state index contributed by atoms with van der Waals surface area (Å²) >= 11 is 0. The third-order valence-electron chi connectivity index (χ3n) is 4.15. The highest BCUT2D eigenvalue weighted by Gasteiger charge is 2.18. The summed E-state index contributed by atoms with van der Waals surface area (Å²) in [5.74, 6) is -1.61. The van der Waals surface area contributed by atoms with Gasteiger partial charge in [0.1, 0.15) is 11.6 Å². The van der Waals surface area contributed by atoms with E-state index >= 15 is 0 Å². The lowest BCUT2D eigenvalue weighted by Gasteiger charge is -2.07. The van der Waals surface area contributed by atoms with E-state index in [1.54, 1.807) is 6.07 Å². The first-order valence-electron chi connectivity index (χ1n) is 7.74. The number of methoxy groups -OCH3 is 1. The van der Waals surface area contributed by atoms with Crippen molar-refractivity contribution in [1.82, 2.24) is 0 Å². The van der Waals surface area contributed by atoms with E-state index in [2.05, 4.69) is 0 Å². The first kappa shape index (κ1) is 16.2. The van der Waals surface area contributed by atoms with Gasteiger partial charge in [-0.1, -0.05) is 12.1 Å². The van der Waals surface area contributed by atoms with E-state index < -0.39 is 18.4 Å². The Hall–Kier alpha value is -2.69. The summed E-state index contributed by atoms with van der Waals surface area (Å²) < 4.78 is 23.6. The molecule has 0 radical (unpaired) electrons. The van der Waals surface area contributed by atoms with Gasteiger partial charge in [-0.05, 0) is 48.6 Å². The summed E-state index contributed by atoms with van der Waals surface area (Å²) in [5, 5.41) is 0. The molecule has 0 fully saturated rings. The van der Waals surface area contributed by atoms with E-state index in [0.29, 0.717) is 11.3 Å². The summed E-state index contributed by atoms with van der Waals surface area (Å²) in [4.78, 5) is 24.1. The van der Waals surface area contributed by atoms with Crippen molar-refractivity contribution in [3.8, 4) is 5.75 Å². The van der Waals surface area contributed by atoms with Crippen LogP contribution in [0.2, 0.25) is 0 Å². The van der Waals surface area contributed by atoms with E-state index in [4.69, 9.17) is 9.47 Å². The minimum absolute atomic E-state index is 0.224. The molecule has 2 aromatic rings. The molecular weight excluding hydrogens is 311 g/mol. The van der Waals surface area contributed by atoms with E-state index in [-0.39, 0.29) is 11.3 Å². The minimum Gasteiger partial charge on any atom is -0.497 e. The number of rotatable bonds is 5. The van der Waals surface area contributed by atoms with Crippen LogP contribution < -0.4 is 4.74 Å². The van der Waals surface area contributed by atoms with Crippen LogP contribution in [0.3, 0.4) is 0 Å². The first-order valence-corrected chi connectivity index (χ1v) is 7.74. The summed E-state index contributed by atoms with van der Waals surface area (Å²) in [6, 6.07) is 9.37. The minimum atomic E-state index is -0.871. The number of hydrogen-bond donors (Lipinski definition) is 0. The molecule has 0 spiro atoms. The average molecular weight is 328 g/mol. The lowest BCUT2D eigenvalue weighted by atomic mass is 10.0. The maximum atomic E-state index is 13.8. The molecular formula is C19H17FO4. The Kier molecular flexibility index (Phi) is 4.60. The molecule has 0 unspecified atom stereocenters. The van der Waals surface area contributed by atoms with Crippen molar-refractivity contribution in [1.29, 1.82) is 0 Å². The Labute approximate surface area is 139 Å². The molecule has 0 saturated carbocycles. The number of carbonyl (C=O) groups is 2. The SMILES string of the molecule is COc1ccc(C(=O)OCC(=O)c2ccc3c(c2)CCC3)c(F)c1. The quantitative estimate of drug-likeness (QED) is 0.624. The van der Waals surface area contributed by atoms with Crippen LogP contribution in [0.15, 0.2) is 36.4 Å². The molecule has 0 heterocycles. The van der Waals surface area contributed by atoms with Crippen molar-refractivity contribution < 1.29 is 23.5 Å². The molecule has 0 amide bonds. The molecule has 24 heavy (non-hydrogen) atoms. The molecule has 0 aromatic heterocycles. The fraction of sp³-hybridized carbons (Fsp3) is 0.263. The van der Waals surface area contributed by atoms with Gasteiger partial charge in [-0.15, -0.1) is 0 Å². The number of hydrogen-bond acceptors (Lipinski definition) is 4. The summed E-state index contributed by atoms with van der Waals surface area (Å²) in [7, 11) is 1.40. The Morgan fingerprint density at radius 1 is 1.08 bits per heavy atom. The fourth-order valence-corrected chi connectivity index (χ4v) is 2.83. The fourth-order valence-electron chi connectivity index (χ4n) is 2.83. The summed E-state index contributed by atoms with van der Waals surface area (Å²) in [6.07, 6.45) is 3.10. The number of Topliss-reactive ketones (excluding diaryl/α,β-unsaturated/α-hetero) is 1. The zero-order chi connectivity index (χ0) is 17.1. The zero-order valence-electron chi connectivity index (χ0n) is 13.3. The monoisotopic (exact) mass is 328 g/mol. The van der Waals surface area contributed by atoms with Gasteiger partial charge in [0.2, 0.25) is 0 Å². The second-order valence-corrected chi connectivity index (χ2v) is 5.68. The Morgan fingerprint density at radius 3 is 2.62 bits per heavy atom. The normalized spacial score (nSPS) is 12.6. The molecule has 1 aliphatic rings. The standard InChI is InChI=1S/C19H17FO4/c1-23-15-7-8-16(17(20)10-15)19(22)24-11-18(21)14-6-5-12-3-2-4-13(12)9-14/h5-10H,2-4,11H2,1H3. The van der Waals surface area contributed by atoms with Crippen LogP contribution in [0.1, 0.15) is 38.3 Å². The molecule has 1 aliphatic carbocycles. The number of halogens is 1. The molecule has 3 rings (SSSR count). The number of aryl methyl sites for hydroxylation is 2. The van der Waals surface area contributed by atoms with Crippen molar-refractivity contribution >= 4 is 11.8 Å². The second-order valence-electron chi connectivity index (χ2n) is 5.68. The predicted molar refractivity (Wildman–Crippen MR) is 86.0 cm³/mol. The van der Waals surface area contributed by atoms with Crippen molar-refractivity contribution in [3.05, 3.63) is 64.5 Å². The van der Waals surface area contributed by atoms with Crippen molar-refractivity contribution in [2.24, 2.45) is 0 Å². The van der Waals surface area contributed by atoms with Gasteiger partial charge < -0.3 is 9.47 Å². The van der Waals surface area contributed by atoms with Gasteiger partial charge in [0.15, 0.2) is 12.4 Å². The maximum Gasteiger partial charge on any atom is 0.341 e. The zero-order valence-corrected chi connectivity index (χ0v) is 13.3. The number of ketones is 1. The Balaban J connectivity index is 1.64. The third-order valence-corrected chi connectivity index (χ3v) is 4.15. The highest BCUT2D eigenvalue weighted by atomic mass is 19.1. The molecule has 124 valence electrons. The molecule has 0 bridgehead atoms. The van der Waals surface area contributed by atoms with Gasteiger partial charge >= 0.3 is 5.97 Å². The third kappa shape index (κ3) is 3.30. The van der Waals surface area contributed by atoms with Crippen LogP contribution in [0, 0.1) is 5.82 Å². The van der Waals surface area contributed by atoms with Gasteiger partial charge in [-0.25, -0.2) is 9.18 Å². The second kappa shape index (κ2) is 6.83. The van der Waals surface area contributed by atoms with Gasteiger partial charge in [0.05, 0.1) is 12.7 Å². The largest absolute Gasteiger partial charge is 0.497 e. The molecule has 0 saturated heterocycles. The van der Waals surface area contributed by atoms with Crippen molar-refractivity contribution in [2.45, 2.75) is 19.3 Å². The van der Waals surface area contributed by atoms with E-state index in [1.165, 1.54) is 30.4 Å². The molecule has 4 nitrogen and oxygen atoms in total. The lowest BCUT2D eigenvalue weighted by molar-refractivity contribution is 0.0470. The van der Waals surface area contributed by atoms with Gasteiger partial charge in [0.25, 0.3) is 0 Å². The van der Waals surface area contributed by atoms with Crippen LogP contribution in [0.25, 0.3) is 0 Å². The summed E-state index contributed by atoms with van der Waals surface area (Å²) in [5.41, 5.74) is 2.73. The van der Waals surface area contributed by atoms with Gasteiger partial charge in [-0.2, -0.15) is 0 Å². The van der Waals surface area contributed by atoms with E-state index in [0.717, 1.165) is 25.3 Å². The van der Waals surface area contributed by atoms with Crippen LogP contribution in [-0.2, 0) is 17.6 Å². The van der Waals surface area contributed by atoms with Gasteiger partial charge in [-0.3, -0.25) is 4.79 Å². The number of carbonyl (C=O) groups excluding carboxylic acids is 2. The summed E-state index contributed by atoms with van der Waals surface area (Å²) in [6.45, 7) is -0.414. The first-order chi connectivity index (χ1) is 11.6. The van der Waals surface area contributed by atoms with Crippen molar-refractivity contribution in [2.75, 3.05) is 13.7 Å². The lowest BCUT2D eigenvalue weighted by Crippen LogP contribution is -2.15. The van der Waals surface area contributed by atoms with E-state index in [9.17, 15) is 14.0 Å². The van der Waals surface area contributed by atoms with Crippen molar-refractivity contribution in [3.63, 3.8) is 0 Å². The molecule has 0 aliphatic heterocycles. The number of fused-ring (bicyclic) bond motifs is 1. The number of esters is 1. The van der Waals surface area contributed by atoms with Gasteiger partial charge in [0, 0.05) is 11.6 Å². The van der Waals surface area contributed by atoms with Crippen LogP contribution in [-0.4, -0.2) is 25.5 Å². The number of ether oxygens (including phenoxy) is 2. The average Bonchev–Trinajstić information content (AvgIpc) is 3.06. The Morgan fingerprint density at radius 2 is 1.88 bits per heavy atom. The molecule has 2 aromatic carbocycles. The highest BCUT2D eigenvalue weighted by molar-refractivity contribution is 5.99. The van der Waals surface area contributed by atoms with E-state index in [1.807, 2.05) is 12.1 Å². The van der Waals surface area contributed by atoms with Crippen LogP contribution in [0.4, 0.5) is 4.39 Å². The Bertz CT molecular complexity index is 798. The van der Waals surface area contributed by atoms with Crippen LogP contribution >= 0.6 is 0 Å². The topological polar surface area (TPSA) is 52.6 Å². The van der Waals surface area contributed by atoms with Crippen LogP contribution in [0.5, 0.6) is 5.75 Å². The molecule has 0 N–H and O–H groups in total. The molecule has 0 atom stereocenters. The molecule has 5 heteroatoms. The highest BCUT2D eigenvalue weighted by Crippen LogP contribution is 2.23.